The summed E-state index contributed by atoms with van der Waals surface area (Å²) < 4.78 is 1.21. The molecule has 0 radical (unpaired) electrons. The monoisotopic (exact) mass is 542 g/mol. The molecule has 0 aliphatic rings. The van der Waals surface area contributed by atoms with E-state index in [1.54, 1.807) is 11.3 Å². The lowest BCUT2D eigenvalue weighted by Crippen LogP contribution is -1.96. The first-order valence-electron chi connectivity index (χ1n) is 13.5. The molecule has 4 nitrogen and oxygen atoms in total. The second-order valence-electron chi connectivity index (χ2n) is 9.90. The Bertz CT molecular complexity index is 2210. The van der Waals surface area contributed by atoms with E-state index in [4.69, 9.17) is 19.9 Å². The summed E-state index contributed by atoms with van der Waals surface area (Å²) in [6, 6.07) is 45.5. The molecule has 41 heavy (non-hydrogen) atoms. The summed E-state index contributed by atoms with van der Waals surface area (Å²) in [5.41, 5.74) is 6.77. The topological polar surface area (TPSA) is 51.6 Å². The van der Waals surface area contributed by atoms with Crippen molar-refractivity contribution in [1.29, 1.82) is 0 Å². The predicted octanol–water partition coefficient (Wildman–Crippen LogP) is 9.46. The number of fused-ring (bicyclic) bond motifs is 4. The fourth-order valence-electron chi connectivity index (χ4n) is 5.38. The summed E-state index contributed by atoms with van der Waals surface area (Å²) in [5.74, 6) is 1.37. The van der Waals surface area contributed by atoms with Crippen LogP contribution in [-0.4, -0.2) is 19.9 Å². The van der Waals surface area contributed by atoms with Crippen molar-refractivity contribution in [3.63, 3.8) is 0 Å². The van der Waals surface area contributed by atoms with E-state index in [0.717, 1.165) is 54.8 Å². The molecule has 5 heteroatoms. The minimum absolute atomic E-state index is 0.677. The normalized spacial score (nSPS) is 11.4. The second-order valence-corrected chi connectivity index (χ2v) is 10.9. The van der Waals surface area contributed by atoms with Gasteiger partial charge in [-0.2, -0.15) is 0 Å². The molecule has 3 heterocycles. The molecule has 0 amide bonds. The molecule has 0 N–H and O–H groups in total. The number of benzene rings is 5. The van der Waals surface area contributed by atoms with Crippen LogP contribution in [0.3, 0.4) is 0 Å². The van der Waals surface area contributed by atoms with Crippen molar-refractivity contribution in [2.75, 3.05) is 0 Å². The standard InChI is InChI=1S/C36H22N4S/c1-3-12-23(13-4-1)32-27-18-7-9-20-29(27)37-34(38-32)25-16-11-17-26(22-25)35-39-33(24-14-5-2-6-15-24)31-28-19-8-10-21-30(28)41-36(31)40-35/h1-22H. The molecule has 0 bridgehead atoms. The molecule has 0 fully saturated rings. The average Bonchev–Trinajstić information content (AvgIpc) is 3.43. The van der Waals surface area contributed by atoms with Gasteiger partial charge in [-0.3, -0.25) is 0 Å². The minimum atomic E-state index is 0.677. The van der Waals surface area contributed by atoms with Gasteiger partial charge in [0.15, 0.2) is 11.6 Å². The van der Waals surface area contributed by atoms with Gasteiger partial charge in [0.05, 0.1) is 16.9 Å². The zero-order chi connectivity index (χ0) is 27.2. The van der Waals surface area contributed by atoms with Gasteiger partial charge in [-0.05, 0) is 18.2 Å². The Kier molecular flexibility index (Phi) is 5.61. The largest absolute Gasteiger partial charge is 0.228 e. The number of para-hydroxylation sites is 1. The van der Waals surface area contributed by atoms with E-state index in [9.17, 15) is 0 Å². The summed E-state index contributed by atoms with van der Waals surface area (Å²) in [7, 11) is 0. The Balaban J connectivity index is 1.32. The van der Waals surface area contributed by atoms with Gasteiger partial charge >= 0.3 is 0 Å². The van der Waals surface area contributed by atoms with E-state index in [0.29, 0.717) is 11.6 Å². The molecule has 0 aliphatic carbocycles. The van der Waals surface area contributed by atoms with Gasteiger partial charge in [-0.25, -0.2) is 19.9 Å². The highest BCUT2D eigenvalue weighted by Gasteiger charge is 2.17. The lowest BCUT2D eigenvalue weighted by Gasteiger charge is -2.11. The van der Waals surface area contributed by atoms with Crippen molar-refractivity contribution in [3.05, 3.63) is 133 Å². The fourth-order valence-corrected chi connectivity index (χ4v) is 6.45. The van der Waals surface area contributed by atoms with Crippen LogP contribution in [0.1, 0.15) is 0 Å². The van der Waals surface area contributed by atoms with Crippen LogP contribution in [0.4, 0.5) is 0 Å². The van der Waals surface area contributed by atoms with Crippen molar-refractivity contribution in [1.82, 2.24) is 19.9 Å². The van der Waals surface area contributed by atoms with E-state index in [1.807, 2.05) is 48.5 Å². The molecular formula is C36H22N4S. The van der Waals surface area contributed by atoms with E-state index in [-0.39, 0.29) is 0 Å². The van der Waals surface area contributed by atoms with Crippen molar-refractivity contribution in [2.45, 2.75) is 0 Å². The lowest BCUT2D eigenvalue weighted by atomic mass is 10.0. The Labute approximate surface area is 240 Å². The van der Waals surface area contributed by atoms with Crippen LogP contribution in [-0.2, 0) is 0 Å². The predicted molar refractivity (Wildman–Crippen MR) is 170 cm³/mol. The van der Waals surface area contributed by atoms with Crippen LogP contribution < -0.4 is 0 Å². The first-order valence-corrected chi connectivity index (χ1v) is 14.3. The summed E-state index contributed by atoms with van der Waals surface area (Å²) in [4.78, 5) is 21.3. The van der Waals surface area contributed by atoms with Crippen LogP contribution in [0.25, 0.3) is 76.5 Å². The Hall–Kier alpha value is -5.26. The Morgan fingerprint density at radius 2 is 0.976 bits per heavy atom. The highest BCUT2D eigenvalue weighted by Crippen LogP contribution is 2.39. The number of aromatic nitrogens is 4. The van der Waals surface area contributed by atoms with E-state index in [2.05, 4.69) is 84.9 Å². The van der Waals surface area contributed by atoms with Crippen LogP contribution in [0.2, 0.25) is 0 Å². The van der Waals surface area contributed by atoms with Crippen LogP contribution in [0.15, 0.2) is 133 Å². The van der Waals surface area contributed by atoms with E-state index >= 15 is 0 Å². The third kappa shape index (κ3) is 4.15. The second kappa shape index (κ2) is 9.73. The van der Waals surface area contributed by atoms with Crippen molar-refractivity contribution >= 4 is 42.5 Å². The lowest BCUT2D eigenvalue weighted by molar-refractivity contribution is 1.22. The summed E-state index contributed by atoms with van der Waals surface area (Å²) >= 11 is 1.71. The van der Waals surface area contributed by atoms with Gasteiger partial charge in [0.25, 0.3) is 0 Å². The molecule has 0 unspecified atom stereocenters. The van der Waals surface area contributed by atoms with Crippen LogP contribution in [0.5, 0.6) is 0 Å². The SMILES string of the molecule is c1ccc(-c2nc(-c3cccc(-c4nc(-c5ccccc5)c5c(n4)sc4ccccc45)c3)nc3ccccc23)cc1. The maximum absolute atomic E-state index is 5.17. The summed E-state index contributed by atoms with van der Waals surface area (Å²) in [5, 5.41) is 3.32. The molecule has 0 atom stereocenters. The number of hydrogen-bond donors (Lipinski definition) is 0. The molecule has 3 aromatic heterocycles. The number of hydrogen-bond acceptors (Lipinski definition) is 5. The van der Waals surface area contributed by atoms with Crippen LogP contribution in [0, 0.1) is 0 Å². The van der Waals surface area contributed by atoms with Gasteiger partial charge < -0.3 is 0 Å². The molecule has 5 aromatic carbocycles. The van der Waals surface area contributed by atoms with E-state index in [1.165, 1.54) is 10.1 Å². The summed E-state index contributed by atoms with van der Waals surface area (Å²) in [6.45, 7) is 0. The highest BCUT2D eigenvalue weighted by atomic mass is 32.1. The van der Waals surface area contributed by atoms with Crippen LogP contribution >= 0.6 is 11.3 Å². The molecule has 0 aliphatic heterocycles. The molecule has 8 rings (SSSR count). The fraction of sp³-hybridized carbons (Fsp3) is 0. The van der Waals surface area contributed by atoms with Gasteiger partial charge in [0.2, 0.25) is 0 Å². The molecule has 0 spiro atoms. The molecule has 0 saturated heterocycles. The van der Waals surface area contributed by atoms with Crippen molar-refractivity contribution in [3.8, 4) is 45.3 Å². The first kappa shape index (κ1) is 23.6. The maximum Gasteiger partial charge on any atom is 0.161 e. The zero-order valence-corrected chi connectivity index (χ0v) is 22.7. The zero-order valence-electron chi connectivity index (χ0n) is 21.9. The molecule has 8 aromatic rings. The molecule has 0 saturated carbocycles. The van der Waals surface area contributed by atoms with Gasteiger partial charge in [-0.15, -0.1) is 11.3 Å². The molecular weight excluding hydrogens is 520 g/mol. The summed E-state index contributed by atoms with van der Waals surface area (Å²) in [6.07, 6.45) is 0. The first-order chi connectivity index (χ1) is 20.3. The number of nitrogens with zero attached hydrogens (tertiary/aromatic N) is 4. The quantitative estimate of drug-likeness (QED) is 0.222. The van der Waals surface area contributed by atoms with Gasteiger partial charge in [0, 0.05) is 43.1 Å². The van der Waals surface area contributed by atoms with Gasteiger partial charge in [0.1, 0.15) is 4.83 Å². The van der Waals surface area contributed by atoms with Crippen molar-refractivity contribution in [2.24, 2.45) is 0 Å². The third-order valence-corrected chi connectivity index (χ3v) is 8.38. The minimum Gasteiger partial charge on any atom is -0.228 e. The maximum atomic E-state index is 5.17. The smallest absolute Gasteiger partial charge is 0.161 e. The molecule has 192 valence electrons. The number of rotatable bonds is 4. The van der Waals surface area contributed by atoms with E-state index < -0.39 is 0 Å². The third-order valence-electron chi connectivity index (χ3n) is 7.32. The average molecular weight is 543 g/mol. The Morgan fingerprint density at radius 1 is 0.415 bits per heavy atom. The Morgan fingerprint density at radius 3 is 1.73 bits per heavy atom. The van der Waals surface area contributed by atoms with Gasteiger partial charge in [-0.1, -0.05) is 115 Å². The number of thiophene rings is 1. The van der Waals surface area contributed by atoms with Crippen molar-refractivity contribution < 1.29 is 0 Å². The highest BCUT2D eigenvalue weighted by molar-refractivity contribution is 7.25.